The average Bonchev–Trinajstić information content (AvgIpc) is 2.45. The van der Waals surface area contributed by atoms with E-state index in [1.165, 1.54) is 12.8 Å². The van der Waals surface area contributed by atoms with Crippen molar-refractivity contribution < 1.29 is 4.74 Å². The fraction of sp³-hybridized carbons (Fsp3) is 0.938. The largest absolute Gasteiger partial charge is 0.374 e. The lowest BCUT2D eigenvalue weighted by Crippen LogP contribution is -2.50. The number of guanidine groups is 1. The van der Waals surface area contributed by atoms with Crippen molar-refractivity contribution in [2.75, 3.05) is 53.4 Å². The summed E-state index contributed by atoms with van der Waals surface area (Å²) >= 11 is 0. The van der Waals surface area contributed by atoms with E-state index in [1.54, 1.807) is 0 Å². The number of hydrogen-bond donors (Lipinski definition) is 1. The van der Waals surface area contributed by atoms with Crippen LogP contribution in [0.25, 0.3) is 0 Å². The van der Waals surface area contributed by atoms with Crippen LogP contribution < -0.4 is 5.32 Å². The van der Waals surface area contributed by atoms with Gasteiger partial charge < -0.3 is 15.0 Å². The highest BCUT2D eigenvalue weighted by atomic mass is 127. The maximum atomic E-state index is 5.87. The zero-order valence-corrected chi connectivity index (χ0v) is 17.3. The van der Waals surface area contributed by atoms with Crippen molar-refractivity contribution in [1.82, 2.24) is 15.1 Å². The number of nitrogens with one attached hydrogen (secondary N) is 1. The average molecular weight is 426 g/mol. The molecule has 132 valence electrons. The highest BCUT2D eigenvalue weighted by Crippen LogP contribution is 2.07. The summed E-state index contributed by atoms with van der Waals surface area (Å²) in [7, 11) is 3.94. The quantitative estimate of drug-likeness (QED) is 0.385. The summed E-state index contributed by atoms with van der Waals surface area (Å²) < 4.78 is 5.87. The molecular formula is C16H35IN4O. The Kier molecular flexibility index (Phi) is 12.3. The van der Waals surface area contributed by atoms with Gasteiger partial charge in [0.25, 0.3) is 0 Å². The Morgan fingerprint density at radius 3 is 2.77 bits per heavy atom. The normalized spacial score (nSPS) is 19.9. The molecule has 1 rings (SSSR count). The van der Waals surface area contributed by atoms with Crippen molar-refractivity contribution in [2.45, 2.75) is 39.7 Å². The highest BCUT2D eigenvalue weighted by molar-refractivity contribution is 14.0. The zero-order chi connectivity index (χ0) is 15.7. The van der Waals surface area contributed by atoms with Gasteiger partial charge in [-0.05, 0) is 12.3 Å². The van der Waals surface area contributed by atoms with E-state index in [0.29, 0.717) is 5.92 Å². The van der Waals surface area contributed by atoms with Gasteiger partial charge in [0, 0.05) is 46.8 Å². The van der Waals surface area contributed by atoms with Gasteiger partial charge in [-0.3, -0.25) is 9.89 Å². The molecule has 6 heteroatoms. The Labute approximate surface area is 153 Å². The predicted molar refractivity (Wildman–Crippen MR) is 105 cm³/mol. The van der Waals surface area contributed by atoms with Crippen LogP contribution in [0, 0.1) is 5.92 Å². The second-order valence-electron chi connectivity index (χ2n) is 6.35. The predicted octanol–water partition coefficient (Wildman–Crippen LogP) is 2.27. The highest BCUT2D eigenvalue weighted by Gasteiger charge is 2.21. The molecular weight excluding hydrogens is 391 g/mol. The SMILES string of the molecule is CCCCN(C)C(=NC)NCC1CN(CC(C)C)CCO1.I. The third kappa shape index (κ3) is 8.53. The Bertz CT molecular complexity index is 313. The van der Waals surface area contributed by atoms with Gasteiger partial charge in [0.05, 0.1) is 12.7 Å². The molecule has 1 saturated heterocycles. The molecule has 22 heavy (non-hydrogen) atoms. The van der Waals surface area contributed by atoms with Crippen LogP contribution >= 0.6 is 24.0 Å². The Morgan fingerprint density at radius 2 is 2.18 bits per heavy atom. The van der Waals surface area contributed by atoms with Crippen molar-refractivity contribution in [1.29, 1.82) is 0 Å². The molecule has 1 heterocycles. The van der Waals surface area contributed by atoms with E-state index in [9.17, 15) is 0 Å². The van der Waals surface area contributed by atoms with E-state index in [-0.39, 0.29) is 30.1 Å². The van der Waals surface area contributed by atoms with Gasteiger partial charge in [0.1, 0.15) is 0 Å². The number of ether oxygens (including phenoxy) is 1. The van der Waals surface area contributed by atoms with Crippen LogP contribution in [0.4, 0.5) is 0 Å². The first-order chi connectivity index (χ1) is 10.1. The molecule has 0 aromatic carbocycles. The molecule has 1 aliphatic heterocycles. The fourth-order valence-electron chi connectivity index (χ4n) is 2.68. The van der Waals surface area contributed by atoms with Crippen molar-refractivity contribution in [3.63, 3.8) is 0 Å². The molecule has 0 amide bonds. The van der Waals surface area contributed by atoms with Gasteiger partial charge >= 0.3 is 0 Å². The molecule has 1 unspecified atom stereocenters. The van der Waals surface area contributed by atoms with Gasteiger partial charge in [0.2, 0.25) is 0 Å². The molecule has 0 spiro atoms. The standard InChI is InChI=1S/C16H34N4O.HI/c1-6-7-8-19(5)16(17-4)18-11-15-13-20(9-10-21-15)12-14(2)3;/h14-15H,6-13H2,1-5H3,(H,17,18);1H. The van der Waals surface area contributed by atoms with Gasteiger partial charge in [-0.15, -0.1) is 24.0 Å². The first kappa shape index (κ1) is 21.9. The number of morpholine rings is 1. The van der Waals surface area contributed by atoms with E-state index in [4.69, 9.17) is 4.74 Å². The van der Waals surface area contributed by atoms with E-state index in [1.807, 2.05) is 7.05 Å². The zero-order valence-electron chi connectivity index (χ0n) is 15.0. The van der Waals surface area contributed by atoms with Crippen molar-refractivity contribution >= 4 is 29.9 Å². The summed E-state index contributed by atoms with van der Waals surface area (Å²) in [5, 5.41) is 3.45. The van der Waals surface area contributed by atoms with Gasteiger partial charge in [-0.1, -0.05) is 27.2 Å². The van der Waals surface area contributed by atoms with Gasteiger partial charge in [-0.25, -0.2) is 0 Å². The molecule has 0 saturated carbocycles. The van der Waals surface area contributed by atoms with Crippen molar-refractivity contribution in [2.24, 2.45) is 10.9 Å². The number of hydrogen-bond acceptors (Lipinski definition) is 3. The third-order valence-corrected chi connectivity index (χ3v) is 3.75. The van der Waals surface area contributed by atoms with Crippen molar-refractivity contribution in [3.05, 3.63) is 0 Å². The second kappa shape index (κ2) is 12.4. The molecule has 1 N–H and O–H groups in total. The molecule has 1 fully saturated rings. The van der Waals surface area contributed by atoms with Crippen LogP contribution in [0.2, 0.25) is 0 Å². The number of halogens is 1. The van der Waals surface area contributed by atoms with E-state index in [0.717, 1.165) is 45.3 Å². The number of rotatable bonds is 7. The summed E-state index contributed by atoms with van der Waals surface area (Å²) in [5.41, 5.74) is 0. The molecule has 1 atom stereocenters. The minimum Gasteiger partial charge on any atom is -0.374 e. The molecule has 5 nitrogen and oxygen atoms in total. The van der Waals surface area contributed by atoms with E-state index < -0.39 is 0 Å². The van der Waals surface area contributed by atoms with Crippen LogP contribution in [0.1, 0.15) is 33.6 Å². The first-order valence-corrected chi connectivity index (χ1v) is 8.32. The third-order valence-electron chi connectivity index (χ3n) is 3.75. The number of unbranched alkanes of at least 4 members (excludes halogenated alkanes) is 1. The summed E-state index contributed by atoms with van der Waals surface area (Å²) in [6.07, 6.45) is 2.66. The van der Waals surface area contributed by atoms with Crippen LogP contribution in [0.5, 0.6) is 0 Å². The van der Waals surface area contributed by atoms with Gasteiger partial charge in [0.15, 0.2) is 5.96 Å². The summed E-state index contributed by atoms with van der Waals surface area (Å²) in [5.74, 6) is 1.68. The monoisotopic (exact) mass is 426 g/mol. The minimum absolute atomic E-state index is 0. The smallest absolute Gasteiger partial charge is 0.193 e. The van der Waals surface area contributed by atoms with E-state index >= 15 is 0 Å². The minimum atomic E-state index is 0. The van der Waals surface area contributed by atoms with Gasteiger partial charge in [-0.2, -0.15) is 0 Å². The Hall–Kier alpha value is -0.0800. The molecule has 0 aromatic rings. The lowest BCUT2D eigenvalue weighted by atomic mass is 10.2. The lowest BCUT2D eigenvalue weighted by Gasteiger charge is -2.34. The summed E-state index contributed by atoms with van der Waals surface area (Å²) in [4.78, 5) is 9.05. The van der Waals surface area contributed by atoms with Crippen LogP contribution in [0.3, 0.4) is 0 Å². The molecule has 0 radical (unpaired) electrons. The fourth-order valence-corrected chi connectivity index (χ4v) is 2.68. The van der Waals surface area contributed by atoms with E-state index in [2.05, 4.69) is 47.9 Å². The maximum absolute atomic E-state index is 5.87. The summed E-state index contributed by atoms with van der Waals surface area (Å²) in [6.45, 7) is 12.7. The second-order valence-corrected chi connectivity index (χ2v) is 6.35. The lowest BCUT2D eigenvalue weighted by molar-refractivity contribution is -0.0286. The molecule has 1 aliphatic rings. The Balaban J connectivity index is 0.00000441. The first-order valence-electron chi connectivity index (χ1n) is 8.32. The number of aliphatic imine (C=N–C) groups is 1. The Morgan fingerprint density at radius 1 is 1.45 bits per heavy atom. The molecule has 0 aliphatic carbocycles. The topological polar surface area (TPSA) is 40.1 Å². The number of nitrogens with zero attached hydrogens (tertiary/aromatic N) is 3. The van der Waals surface area contributed by atoms with Crippen LogP contribution in [-0.2, 0) is 4.74 Å². The van der Waals surface area contributed by atoms with Crippen molar-refractivity contribution in [3.8, 4) is 0 Å². The molecule has 0 aromatic heterocycles. The van der Waals surface area contributed by atoms with Crippen LogP contribution in [-0.4, -0.2) is 75.3 Å². The maximum Gasteiger partial charge on any atom is 0.193 e. The van der Waals surface area contributed by atoms with Crippen LogP contribution in [0.15, 0.2) is 4.99 Å². The molecule has 0 bridgehead atoms. The summed E-state index contributed by atoms with van der Waals surface area (Å²) in [6, 6.07) is 0.